The number of nitrogens with zero attached hydrogens (tertiary/aromatic N) is 4. The number of amides is 1. The third-order valence-corrected chi connectivity index (χ3v) is 8.14. The lowest BCUT2D eigenvalue weighted by atomic mass is 9.96. The molecular weight excluding hydrogens is 462 g/mol. The summed E-state index contributed by atoms with van der Waals surface area (Å²) in [4.78, 5) is 21.1. The molecule has 0 radical (unpaired) electrons. The number of benzene rings is 2. The van der Waals surface area contributed by atoms with Crippen molar-refractivity contribution in [1.82, 2.24) is 19.0 Å². The second-order valence-electron chi connectivity index (χ2n) is 10.3. The number of carbonyl (C=O) groups is 1. The fourth-order valence-electron chi connectivity index (χ4n) is 6.23. The summed E-state index contributed by atoms with van der Waals surface area (Å²) in [6.45, 7) is 5.79. The van der Waals surface area contributed by atoms with Gasteiger partial charge in [0.1, 0.15) is 5.82 Å². The number of fused-ring (bicyclic) bond motifs is 4. The standard InChI is InChI=1S/C30H31N5O2/c1-20-16-27-25(31-18-23-19-32-29(35(23)27)22-9-14-37-15-10-22)17-24(20)30(36)34-13-12-33-11-5-8-26(33)28(34)21-6-3-2-4-7-21/h2-8,11,16-17,19,22,28,31H,9-10,12-15,18H2,1H3. The molecule has 1 amide bonds. The number of aromatic nitrogens is 3. The Kier molecular flexibility index (Phi) is 5.39. The van der Waals surface area contributed by atoms with E-state index < -0.39 is 0 Å². The zero-order valence-electron chi connectivity index (χ0n) is 21.1. The van der Waals surface area contributed by atoms with Crippen LogP contribution in [0, 0.1) is 6.92 Å². The molecule has 7 heteroatoms. The Hall–Kier alpha value is -3.84. The van der Waals surface area contributed by atoms with Gasteiger partial charge in [0.05, 0.1) is 35.9 Å². The second-order valence-corrected chi connectivity index (χ2v) is 10.3. The van der Waals surface area contributed by atoms with E-state index in [1.807, 2.05) is 29.3 Å². The van der Waals surface area contributed by atoms with Crippen molar-refractivity contribution in [3.05, 3.63) is 101 Å². The lowest BCUT2D eigenvalue weighted by molar-refractivity contribution is 0.0663. The van der Waals surface area contributed by atoms with Gasteiger partial charge in [0.2, 0.25) is 0 Å². The molecule has 3 aliphatic heterocycles. The Bertz CT molecular complexity index is 1460. The number of nitrogens with one attached hydrogen (secondary N) is 1. The highest BCUT2D eigenvalue weighted by atomic mass is 16.5. The van der Waals surface area contributed by atoms with Crippen LogP contribution in [0.5, 0.6) is 0 Å². The third-order valence-electron chi connectivity index (χ3n) is 8.14. The predicted molar refractivity (Wildman–Crippen MR) is 142 cm³/mol. The molecule has 188 valence electrons. The minimum absolute atomic E-state index is 0.0736. The zero-order chi connectivity index (χ0) is 24.9. The fourth-order valence-corrected chi connectivity index (χ4v) is 6.23. The molecule has 1 N–H and O–H groups in total. The molecule has 37 heavy (non-hydrogen) atoms. The fraction of sp³-hybridized carbons (Fsp3) is 0.333. The van der Waals surface area contributed by atoms with Gasteiger partial charge in [-0.25, -0.2) is 4.98 Å². The summed E-state index contributed by atoms with van der Waals surface area (Å²) in [6, 6.07) is 18.7. The number of hydrogen-bond acceptors (Lipinski definition) is 4. The van der Waals surface area contributed by atoms with Crippen LogP contribution in [-0.4, -0.2) is 44.7 Å². The maximum absolute atomic E-state index is 14.2. The summed E-state index contributed by atoms with van der Waals surface area (Å²) in [5.41, 5.74) is 7.26. The van der Waals surface area contributed by atoms with Gasteiger partial charge >= 0.3 is 0 Å². The molecule has 0 spiro atoms. The van der Waals surface area contributed by atoms with Crippen LogP contribution in [0.25, 0.3) is 5.69 Å². The summed E-state index contributed by atoms with van der Waals surface area (Å²) in [6.07, 6.45) is 6.08. The van der Waals surface area contributed by atoms with Crippen molar-refractivity contribution in [3.8, 4) is 5.69 Å². The first-order valence-corrected chi connectivity index (χ1v) is 13.2. The monoisotopic (exact) mass is 493 g/mol. The number of hydrogen-bond donors (Lipinski definition) is 1. The van der Waals surface area contributed by atoms with Crippen LogP contribution < -0.4 is 5.32 Å². The van der Waals surface area contributed by atoms with Gasteiger partial charge in [-0.3, -0.25) is 9.36 Å². The number of imidazole rings is 1. The molecule has 1 saturated heterocycles. The van der Waals surface area contributed by atoms with Gasteiger partial charge in [0.25, 0.3) is 5.91 Å². The van der Waals surface area contributed by atoms with Gasteiger partial charge in [-0.05, 0) is 55.2 Å². The van der Waals surface area contributed by atoms with E-state index in [4.69, 9.17) is 9.72 Å². The highest BCUT2D eigenvalue weighted by molar-refractivity contribution is 5.98. The van der Waals surface area contributed by atoms with Crippen molar-refractivity contribution in [2.75, 3.05) is 25.1 Å². The Morgan fingerprint density at radius 2 is 1.89 bits per heavy atom. The molecule has 1 fully saturated rings. The summed E-state index contributed by atoms with van der Waals surface area (Å²) >= 11 is 0. The number of rotatable bonds is 3. The van der Waals surface area contributed by atoms with Gasteiger partial charge in [-0.2, -0.15) is 0 Å². The van der Waals surface area contributed by atoms with Crippen LogP contribution in [0.4, 0.5) is 5.69 Å². The molecule has 1 unspecified atom stereocenters. The van der Waals surface area contributed by atoms with E-state index in [-0.39, 0.29) is 11.9 Å². The molecule has 0 bridgehead atoms. The van der Waals surface area contributed by atoms with Crippen LogP contribution in [0.15, 0.2) is 67.0 Å². The van der Waals surface area contributed by atoms with Gasteiger partial charge in [-0.15, -0.1) is 0 Å². The zero-order valence-corrected chi connectivity index (χ0v) is 21.1. The van der Waals surface area contributed by atoms with Crippen LogP contribution in [0.1, 0.15) is 63.5 Å². The van der Waals surface area contributed by atoms with Crippen molar-refractivity contribution >= 4 is 11.6 Å². The molecular formula is C30H31N5O2. The largest absolute Gasteiger partial charge is 0.381 e. The van der Waals surface area contributed by atoms with E-state index in [0.717, 1.165) is 77.9 Å². The average Bonchev–Trinajstić information content (AvgIpc) is 3.60. The second kappa shape index (κ2) is 8.92. The highest BCUT2D eigenvalue weighted by Gasteiger charge is 2.34. The normalized spacial score (nSPS) is 19.1. The first-order valence-electron chi connectivity index (χ1n) is 13.2. The van der Waals surface area contributed by atoms with Gasteiger partial charge in [0.15, 0.2) is 0 Å². The predicted octanol–water partition coefficient (Wildman–Crippen LogP) is 5.05. The highest BCUT2D eigenvalue weighted by Crippen LogP contribution is 2.38. The van der Waals surface area contributed by atoms with E-state index >= 15 is 0 Å². The van der Waals surface area contributed by atoms with Gasteiger partial charge in [0, 0.05) is 49.7 Å². The number of anilines is 1. The SMILES string of the molecule is Cc1cc2c(cc1C(=O)N1CCn3cccc3C1c1ccccc1)NCc1cnc(C3CCOCC3)n1-2. The quantitative estimate of drug-likeness (QED) is 0.434. The lowest BCUT2D eigenvalue weighted by Crippen LogP contribution is -2.42. The first-order chi connectivity index (χ1) is 18.2. The molecule has 2 aromatic carbocycles. The Labute approximate surface area is 216 Å². The van der Waals surface area contributed by atoms with Crippen molar-refractivity contribution in [2.24, 2.45) is 0 Å². The maximum atomic E-state index is 14.2. The van der Waals surface area contributed by atoms with Crippen LogP contribution in [0.3, 0.4) is 0 Å². The first kappa shape index (κ1) is 22.4. The van der Waals surface area contributed by atoms with Gasteiger partial charge < -0.3 is 19.5 Å². The van der Waals surface area contributed by atoms with E-state index in [0.29, 0.717) is 19.0 Å². The Morgan fingerprint density at radius 3 is 2.73 bits per heavy atom. The molecule has 3 aliphatic rings. The Balaban J connectivity index is 1.27. The molecule has 2 aromatic heterocycles. The topological polar surface area (TPSA) is 64.3 Å². The molecule has 7 rings (SSSR count). The maximum Gasteiger partial charge on any atom is 0.255 e. The average molecular weight is 494 g/mol. The summed E-state index contributed by atoms with van der Waals surface area (Å²) in [5.74, 6) is 1.58. The smallest absolute Gasteiger partial charge is 0.255 e. The van der Waals surface area contributed by atoms with E-state index in [1.54, 1.807) is 0 Å². The number of ether oxygens (including phenoxy) is 1. The molecule has 7 nitrogen and oxygen atoms in total. The van der Waals surface area contributed by atoms with E-state index in [1.165, 1.54) is 0 Å². The van der Waals surface area contributed by atoms with Gasteiger partial charge in [-0.1, -0.05) is 30.3 Å². The summed E-state index contributed by atoms with van der Waals surface area (Å²) in [5, 5.41) is 3.55. The minimum Gasteiger partial charge on any atom is -0.381 e. The van der Waals surface area contributed by atoms with Crippen LogP contribution in [0.2, 0.25) is 0 Å². The molecule has 1 atom stereocenters. The summed E-state index contributed by atoms with van der Waals surface area (Å²) in [7, 11) is 0. The molecule has 5 heterocycles. The molecule has 0 saturated carbocycles. The van der Waals surface area contributed by atoms with Crippen molar-refractivity contribution in [2.45, 2.75) is 44.8 Å². The van der Waals surface area contributed by atoms with Crippen molar-refractivity contribution in [3.63, 3.8) is 0 Å². The van der Waals surface area contributed by atoms with E-state index in [2.05, 4.69) is 64.0 Å². The third kappa shape index (κ3) is 3.68. The Morgan fingerprint density at radius 1 is 1.05 bits per heavy atom. The van der Waals surface area contributed by atoms with Crippen molar-refractivity contribution in [1.29, 1.82) is 0 Å². The number of carbonyl (C=O) groups excluding carboxylic acids is 1. The van der Waals surface area contributed by atoms with Crippen LogP contribution >= 0.6 is 0 Å². The van der Waals surface area contributed by atoms with E-state index in [9.17, 15) is 4.79 Å². The molecule has 0 aliphatic carbocycles. The lowest BCUT2D eigenvalue weighted by Gasteiger charge is -2.38. The summed E-state index contributed by atoms with van der Waals surface area (Å²) < 4.78 is 10.2. The van der Waals surface area contributed by atoms with Crippen molar-refractivity contribution < 1.29 is 9.53 Å². The van der Waals surface area contributed by atoms with Crippen LogP contribution in [-0.2, 0) is 17.8 Å². The molecule has 4 aromatic rings. The number of aryl methyl sites for hydroxylation is 1. The minimum atomic E-state index is -0.110.